The highest BCUT2D eigenvalue weighted by atomic mass is 16.5. The third kappa shape index (κ3) is 4.36. The zero-order valence-electron chi connectivity index (χ0n) is 16.7. The predicted molar refractivity (Wildman–Crippen MR) is 120 cm³/mol. The molecule has 0 aliphatic carbocycles. The van der Waals surface area contributed by atoms with Crippen LogP contribution in [0.1, 0.15) is 22.7 Å². The lowest BCUT2D eigenvalue weighted by Crippen LogP contribution is -1.98. The molecule has 5 rings (SSSR count). The molecule has 0 saturated carbocycles. The Kier molecular flexibility index (Phi) is 5.22. The number of hydrogen-bond acceptors (Lipinski definition) is 5. The van der Waals surface area contributed by atoms with E-state index >= 15 is 0 Å². The van der Waals surface area contributed by atoms with Gasteiger partial charge in [-0.3, -0.25) is 0 Å². The van der Waals surface area contributed by atoms with Gasteiger partial charge in [0.05, 0.1) is 11.2 Å². The van der Waals surface area contributed by atoms with Gasteiger partial charge in [-0.2, -0.15) is 0 Å². The van der Waals surface area contributed by atoms with Crippen molar-refractivity contribution in [2.24, 2.45) is 0 Å². The van der Waals surface area contributed by atoms with Crippen LogP contribution in [0.4, 0.5) is 0 Å². The van der Waals surface area contributed by atoms with Gasteiger partial charge in [0.1, 0.15) is 12.4 Å². The minimum Gasteiger partial charge on any atom is -0.487 e. The van der Waals surface area contributed by atoms with Gasteiger partial charge < -0.3 is 9.15 Å². The first kappa shape index (κ1) is 18.8. The summed E-state index contributed by atoms with van der Waals surface area (Å²) in [4.78, 5) is 4.65. The normalized spacial score (nSPS) is 11.5. The molecule has 0 aliphatic heterocycles. The van der Waals surface area contributed by atoms with E-state index in [0.717, 1.165) is 39.0 Å². The summed E-state index contributed by atoms with van der Waals surface area (Å²) in [7, 11) is 0. The number of ether oxygens (including phenoxy) is 1. The zero-order chi connectivity index (χ0) is 20.9. The topological polar surface area (TPSA) is 61.0 Å². The van der Waals surface area contributed by atoms with Crippen LogP contribution >= 0.6 is 0 Å². The summed E-state index contributed by atoms with van der Waals surface area (Å²) in [5, 5.41) is 9.03. The van der Waals surface area contributed by atoms with Crippen LogP contribution in [0.2, 0.25) is 0 Å². The molecule has 0 bridgehead atoms. The smallest absolute Gasteiger partial charge is 0.248 e. The summed E-state index contributed by atoms with van der Waals surface area (Å²) >= 11 is 0. The highest BCUT2D eigenvalue weighted by molar-refractivity contribution is 5.88. The Morgan fingerprint density at radius 3 is 2.45 bits per heavy atom. The standard InChI is InChI=1S/C26H19N3O2/c1-2-6-19(7-3-1)16-24(26-29-27-18-31-26)20-11-14-23(15-12-20)30-17-22-13-10-21-8-4-5-9-25(21)28-22/h1-16,18H,17H2/b24-16+. The third-order valence-corrected chi connectivity index (χ3v) is 4.91. The first-order chi connectivity index (χ1) is 15.3. The van der Waals surface area contributed by atoms with Gasteiger partial charge in [0.15, 0.2) is 0 Å². The van der Waals surface area contributed by atoms with Gasteiger partial charge in [0.25, 0.3) is 0 Å². The minimum atomic E-state index is 0.403. The van der Waals surface area contributed by atoms with E-state index in [1.807, 2.05) is 84.9 Å². The molecular formula is C26H19N3O2. The van der Waals surface area contributed by atoms with Crippen LogP contribution in [0, 0.1) is 0 Å². The average Bonchev–Trinajstić information content (AvgIpc) is 3.37. The molecule has 0 saturated heterocycles. The van der Waals surface area contributed by atoms with Gasteiger partial charge in [-0.25, -0.2) is 4.98 Å². The largest absolute Gasteiger partial charge is 0.487 e. The summed E-state index contributed by atoms with van der Waals surface area (Å²) < 4.78 is 11.4. The first-order valence-electron chi connectivity index (χ1n) is 9.96. The Morgan fingerprint density at radius 1 is 0.839 bits per heavy atom. The second kappa shape index (κ2) is 8.63. The monoisotopic (exact) mass is 405 g/mol. The van der Waals surface area contributed by atoms with Gasteiger partial charge in [-0.15, -0.1) is 10.2 Å². The maximum absolute atomic E-state index is 5.95. The lowest BCUT2D eigenvalue weighted by molar-refractivity contribution is 0.302. The maximum Gasteiger partial charge on any atom is 0.248 e. The van der Waals surface area contributed by atoms with E-state index in [2.05, 4.69) is 27.3 Å². The summed E-state index contributed by atoms with van der Waals surface area (Å²) in [6.07, 6.45) is 3.37. The van der Waals surface area contributed by atoms with Crippen molar-refractivity contribution in [1.82, 2.24) is 15.2 Å². The Bertz CT molecular complexity index is 1310. The molecule has 0 atom stereocenters. The maximum atomic E-state index is 5.95. The molecule has 31 heavy (non-hydrogen) atoms. The van der Waals surface area contributed by atoms with E-state index in [4.69, 9.17) is 9.15 Å². The number of pyridine rings is 1. The van der Waals surface area contributed by atoms with Gasteiger partial charge in [-0.1, -0.05) is 66.7 Å². The SMILES string of the molecule is C(=C(/c1ccc(OCc2ccc3ccccc3n2)cc1)c1nnco1)/c1ccccc1. The molecule has 5 nitrogen and oxygen atoms in total. The van der Waals surface area contributed by atoms with Gasteiger partial charge >= 0.3 is 0 Å². The van der Waals surface area contributed by atoms with Gasteiger partial charge in [-0.05, 0) is 41.5 Å². The Labute approximate surface area is 179 Å². The second-order valence-corrected chi connectivity index (χ2v) is 7.02. The minimum absolute atomic E-state index is 0.403. The van der Waals surface area contributed by atoms with Crippen LogP contribution in [0.3, 0.4) is 0 Å². The average molecular weight is 405 g/mol. The quantitative estimate of drug-likeness (QED) is 0.335. The lowest BCUT2D eigenvalue weighted by Gasteiger charge is -2.09. The fraction of sp³-hybridized carbons (Fsp3) is 0.0385. The second-order valence-electron chi connectivity index (χ2n) is 7.02. The van der Waals surface area contributed by atoms with Crippen molar-refractivity contribution >= 4 is 22.6 Å². The number of aromatic nitrogens is 3. The molecule has 0 radical (unpaired) electrons. The summed E-state index contributed by atoms with van der Waals surface area (Å²) in [6, 6.07) is 30.0. The van der Waals surface area contributed by atoms with E-state index in [1.54, 1.807) is 0 Å². The van der Waals surface area contributed by atoms with E-state index < -0.39 is 0 Å². The Hall–Kier alpha value is -4.25. The first-order valence-corrected chi connectivity index (χ1v) is 9.96. The number of hydrogen-bond donors (Lipinski definition) is 0. The summed E-state index contributed by atoms with van der Waals surface area (Å²) in [5.41, 5.74) is 4.72. The van der Waals surface area contributed by atoms with Crippen molar-refractivity contribution in [3.63, 3.8) is 0 Å². The molecule has 5 heteroatoms. The van der Waals surface area contributed by atoms with Crippen LogP contribution in [0.5, 0.6) is 5.75 Å². The van der Waals surface area contributed by atoms with Gasteiger partial charge in [0, 0.05) is 11.0 Å². The molecule has 5 aromatic rings. The van der Waals surface area contributed by atoms with E-state index in [9.17, 15) is 0 Å². The molecule has 3 aromatic carbocycles. The molecular weight excluding hydrogens is 386 g/mol. The van der Waals surface area contributed by atoms with Crippen LogP contribution in [-0.2, 0) is 6.61 Å². The summed E-state index contributed by atoms with van der Waals surface area (Å²) in [5.74, 6) is 1.24. The van der Waals surface area contributed by atoms with Crippen LogP contribution in [-0.4, -0.2) is 15.2 Å². The number of nitrogens with zero attached hydrogens (tertiary/aromatic N) is 3. The summed E-state index contributed by atoms with van der Waals surface area (Å²) in [6.45, 7) is 0.403. The van der Waals surface area contributed by atoms with Crippen molar-refractivity contribution < 1.29 is 9.15 Å². The molecule has 0 aliphatic rings. The lowest BCUT2D eigenvalue weighted by atomic mass is 10.0. The molecule has 150 valence electrons. The molecule has 2 heterocycles. The number of benzene rings is 3. The van der Waals surface area contributed by atoms with Crippen LogP contribution < -0.4 is 4.74 Å². The number of para-hydroxylation sites is 1. The number of rotatable bonds is 6. The van der Waals surface area contributed by atoms with Crippen molar-refractivity contribution in [3.05, 3.63) is 120 Å². The van der Waals surface area contributed by atoms with Crippen molar-refractivity contribution in [2.45, 2.75) is 6.61 Å². The van der Waals surface area contributed by atoms with Crippen molar-refractivity contribution in [1.29, 1.82) is 0 Å². The zero-order valence-corrected chi connectivity index (χ0v) is 16.7. The van der Waals surface area contributed by atoms with Gasteiger partial charge in [0.2, 0.25) is 12.3 Å². The van der Waals surface area contributed by atoms with Crippen LogP contribution in [0.25, 0.3) is 22.6 Å². The van der Waals surface area contributed by atoms with Crippen molar-refractivity contribution in [2.75, 3.05) is 0 Å². The van der Waals surface area contributed by atoms with Crippen molar-refractivity contribution in [3.8, 4) is 5.75 Å². The molecule has 2 aromatic heterocycles. The Morgan fingerprint density at radius 2 is 1.65 bits per heavy atom. The highest BCUT2D eigenvalue weighted by Gasteiger charge is 2.11. The molecule has 0 amide bonds. The number of fused-ring (bicyclic) bond motifs is 1. The van der Waals surface area contributed by atoms with Crippen LogP contribution in [0.15, 0.2) is 102 Å². The highest BCUT2D eigenvalue weighted by Crippen LogP contribution is 2.26. The fourth-order valence-corrected chi connectivity index (χ4v) is 3.35. The molecule has 0 fully saturated rings. The van der Waals surface area contributed by atoms with E-state index in [-0.39, 0.29) is 0 Å². The predicted octanol–water partition coefficient (Wildman–Crippen LogP) is 5.79. The molecule has 0 unspecified atom stereocenters. The molecule has 0 spiro atoms. The van der Waals surface area contributed by atoms with E-state index in [0.29, 0.717) is 12.5 Å². The van der Waals surface area contributed by atoms with E-state index in [1.165, 1.54) is 6.39 Å². The fourth-order valence-electron chi connectivity index (χ4n) is 3.35. The molecule has 0 N–H and O–H groups in total. The third-order valence-electron chi connectivity index (χ3n) is 4.91. The Balaban J connectivity index is 1.35.